The van der Waals surface area contributed by atoms with Crippen molar-refractivity contribution in [3.05, 3.63) is 24.3 Å². The summed E-state index contributed by atoms with van der Waals surface area (Å²) in [4.78, 5) is 28.8. The number of nitrogens with one attached hydrogen (secondary N) is 1. The first-order valence-electron chi connectivity index (χ1n) is 9.88. The van der Waals surface area contributed by atoms with Gasteiger partial charge in [0.25, 0.3) is 0 Å². The first kappa shape index (κ1) is 20.3. The summed E-state index contributed by atoms with van der Waals surface area (Å²) in [6.45, 7) is 11.7. The third-order valence-electron chi connectivity index (χ3n) is 5.06. The highest BCUT2D eigenvalue weighted by atomic mass is 16.2. The van der Waals surface area contributed by atoms with E-state index in [4.69, 9.17) is 0 Å². The number of carbonyl (C=O) groups excluding carboxylic acids is 2. The molecule has 5 nitrogen and oxygen atoms in total. The number of benzene rings is 1. The number of piperidine rings is 1. The molecule has 0 radical (unpaired) electrons. The molecule has 1 aliphatic rings. The highest BCUT2D eigenvalue weighted by Crippen LogP contribution is 2.22. The van der Waals surface area contributed by atoms with Crippen LogP contribution in [0.15, 0.2) is 24.3 Å². The Balaban J connectivity index is 1.84. The minimum atomic E-state index is -0.0134. The fraction of sp³-hybridized carbons (Fsp3) is 0.619. The highest BCUT2D eigenvalue weighted by Gasteiger charge is 2.27. The Bertz CT molecular complexity index is 586. The second kappa shape index (κ2) is 9.60. The predicted octanol–water partition coefficient (Wildman–Crippen LogP) is 3.76. The molecule has 0 unspecified atom stereocenters. The number of amides is 2. The maximum absolute atomic E-state index is 12.5. The van der Waals surface area contributed by atoms with Gasteiger partial charge in [-0.05, 0) is 56.9 Å². The van der Waals surface area contributed by atoms with E-state index in [9.17, 15) is 9.59 Å². The molecule has 2 amide bonds. The van der Waals surface area contributed by atoms with Crippen molar-refractivity contribution in [2.24, 2.45) is 11.8 Å². The molecule has 0 aromatic heterocycles. The molecule has 0 spiro atoms. The average Bonchev–Trinajstić information content (AvgIpc) is 2.63. The van der Waals surface area contributed by atoms with E-state index < -0.39 is 0 Å². The smallest absolute Gasteiger partial charge is 0.227 e. The quantitative estimate of drug-likeness (QED) is 0.806. The van der Waals surface area contributed by atoms with Gasteiger partial charge in [0.2, 0.25) is 11.8 Å². The van der Waals surface area contributed by atoms with Crippen molar-refractivity contribution in [3.63, 3.8) is 0 Å². The monoisotopic (exact) mass is 359 g/mol. The third-order valence-corrected chi connectivity index (χ3v) is 5.06. The number of carbonyl (C=O) groups is 2. The van der Waals surface area contributed by atoms with Crippen molar-refractivity contribution in [3.8, 4) is 0 Å². The molecule has 2 rings (SSSR count). The lowest BCUT2D eigenvalue weighted by molar-refractivity contribution is -0.135. The summed E-state index contributed by atoms with van der Waals surface area (Å²) in [5, 5.41) is 3.03. The van der Waals surface area contributed by atoms with Crippen LogP contribution in [0.1, 0.15) is 47.0 Å². The lowest BCUT2D eigenvalue weighted by atomic mass is 9.95. The summed E-state index contributed by atoms with van der Waals surface area (Å²) in [5.74, 6) is 0.644. The van der Waals surface area contributed by atoms with Crippen LogP contribution in [0.4, 0.5) is 11.4 Å². The number of rotatable bonds is 7. The molecule has 1 N–H and O–H groups in total. The molecule has 5 heteroatoms. The summed E-state index contributed by atoms with van der Waals surface area (Å²) in [5.41, 5.74) is 2.01. The number of hydrogen-bond acceptors (Lipinski definition) is 3. The van der Waals surface area contributed by atoms with E-state index in [-0.39, 0.29) is 17.7 Å². The van der Waals surface area contributed by atoms with Crippen molar-refractivity contribution < 1.29 is 9.59 Å². The molecule has 0 aliphatic carbocycles. The fourth-order valence-corrected chi connectivity index (χ4v) is 3.46. The van der Waals surface area contributed by atoms with Crippen LogP contribution in [-0.2, 0) is 9.59 Å². The molecule has 1 aliphatic heterocycles. The van der Waals surface area contributed by atoms with Gasteiger partial charge in [0, 0.05) is 49.9 Å². The largest absolute Gasteiger partial charge is 0.372 e. The van der Waals surface area contributed by atoms with Gasteiger partial charge in [0.15, 0.2) is 0 Å². The number of likely N-dealkylation sites (tertiary alicyclic amines) is 1. The van der Waals surface area contributed by atoms with Crippen molar-refractivity contribution in [1.82, 2.24) is 4.90 Å². The molecule has 0 bridgehead atoms. The van der Waals surface area contributed by atoms with Crippen molar-refractivity contribution in [1.29, 1.82) is 0 Å². The zero-order valence-corrected chi connectivity index (χ0v) is 16.6. The minimum Gasteiger partial charge on any atom is -0.372 e. The van der Waals surface area contributed by atoms with Crippen LogP contribution in [0.2, 0.25) is 0 Å². The third kappa shape index (κ3) is 5.48. The molecule has 144 valence electrons. The van der Waals surface area contributed by atoms with Gasteiger partial charge >= 0.3 is 0 Å². The second-order valence-electron chi connectivity index (χ2n) is 7.46. The van der Waals surface area contributed by atoms with E-state index in [1.807, 2.05) is 17.0 Å². The van der Waals surface area contributed by atoms with Crippen LogP contribution in [0.5, 0.6) is 0 Å². The minimum absolute atomic E-state index is 0.0134. The van der Waals surface area contributed by atoms with Crippen molar-refractivity contribution in [2.75, 3.05) is 36.4 Å². The van der Waals surface area contributed by atoms with Crippen LogP contribution in [-0.4, -0.2) is 42.9 Å². The van der Waals surface area contributed by atoms with Crippen LogP contribution in [0, 0.1) is 11.8 Å². The molecule has 1 fully saturated rings. The molecule has 1 aromatic rings. The maximum atomic E-state index is 12.5. The van der Waals surface area contributed by atoms with Gasteiger partial charge in [-0.25, -0.2) is 0 Å². The van der Waals surface area contributed by atoms with Crippen LogP contribution in [0.25, 0.3) is 0 Å². The Kier molecular flexibility index (Phi) is 7.49. The zero-order chi connectivity index (χ0) is 19.1. The Hall–Kier alpha value is -2.04. The maximum Gasteiger partial charge on any atom is 0.227 e. The summed E-state index contributed by atoms with van der Waals surface area (Å²) < 4.78 is 0. The molecule has 1 saturated heterocycles. The normalized spacial score (nSPS) is 15.2. The molecular weight excluding hydrogens is 326 g/mol. The van der Waals surface area contributed by atoms with Crippen molar-refractivity contribution >= 4 is 23.2 Å². The first-order valence-corrected chi connectivity index (χ1v) is 9.88. The molecule has 1 heterocycles. The fourth-order valence-electron chi connectivity index (χ4n) is 3.46. The first-order chi connectivity index (χ1) is 12.4. The molecule has 0 atom stereocenters. The number of nitrogens with zero attached hydrogens (tertiary/aromatic N) is 2. The topological polar surface area (TPSA) is 52.7 Å². The summed E-state index contributed by atoms with van der Waals surface area (Å²) in [7, 11) is 0. The van der Waals surface area contributed by atoms with Gasteiger partial charge in [-0.2, -0.15) is 0 Å². The SMILES string of the molecule is CCN(CC)c1ccc(NC(=O)C2CCN(C(=O)CC(C)C)CC2)cc1. The zero-order valence-electron chi connectivity index (χ0n) is 16.6. The predicted molar refractivity (Wildman–Crippen MR) is 107 cm³/mol. The summed E-state index contributed by atoms with van der Waals surface area (Å²) >= 11 is 0. The Morgan fingerprint density at radius 1 is 1.12 bits per heavy atom. The number of hydrogen-bond donors (Lipinski definition) is 1. The Labute approximate surface area is 157 Å². The summed E-state index contributed by atoms with van der Waals surface area (Å²) in [6, 6.07) is 8.03. The average molecular weight is 360 g/mol. The molecular formula is C21H33N3O2. The summed E-state index contributed by atoms with van der Waals surface area (Å²) in [6.07, 6.45) is 2.08. The van der Waals surface area contributed by atoms with E-state index in [0.29, 0.717) is 25.4 Å². The molecule has 1 aromatic carbocycles. The van der Waals surface area contributed by atoms with E-state index in [0.717, 1.165) is 31.6 Å². The Morgan fingerprint density at radius 2 is 1.69 bits per heavy atom. The molecule has 26 heavy (non-hydrogen) atoms. The second-order valence-corrected chi connectivity index (χ2v) is 7.46. The van der Waals surface area contributed by atoms with E-state index in [1.54, 1.807) is 0 Å². The van der Waals surface area contributed by atoms with Crippen LogP contribution >= 0.6 is 0 Å². The van der Waals surface area contributed by atoms with Crippen LogP contribution in [0.3, 0.4) is 0 Å². The van der Waals surface area contributed by atoms with Gasteiger partial charge in [-0.15, -0.1) is 0 Å². The lowest BCUT2D eigenvalue weighted by Gasteiger charge is -2.32. The van der Waals surface area contributed by atoms with Gasteiger partial charge in [0.1, 0.15) is 0 Å². The van der Waals surface area contributed by atoms with E-state index in [1.165, 1.54) is 5.69 Å². The van der Waals surface area contributed by atoms with E-state index >= 15 is 0 Å². The van der Waals surface area contributed by atoms with Gasteiger partial charge in [0.05, 0.1) is 0 Å². The van der Waals surface area contributed by atoms with Crippen LogP contribution < -0.4 is 10.2 Å². The van der Waals surface area contributed by atoms with Crippen molar-refractivity contribution in [2.45, 2.75) is 47.0 Å². The number of anilines is 2. The lowest BCUT2D eigenvalue weighted by Crippen LogP contribution is -2.41. The Morgan fingerprint density at radius 3 is 2.19 bits per heavy atom. The van der Waals surface area contributed by atoms with Gasteiger partial charge in [-0.3, -0.25) is 9.59 Å². The molecule has 0 saturated carbocycles. The standard InChI is InChI=1S/C21H33N3O2/c1-5-23(6-2)19-9-7-18(8-10-19)22-21(26)17-11-13-24(14-12-17)20(25)15-16(3)4/h7-10,16-17H,5-6,11-15H2,1-4H3,(H,22,26). The van der Waals surface area contributed by atoms with E-state index in [2.05, 4.69) is 50.0 Å². The highest BCUT2D eigenvalue weighted by molar-refractivity contribution is 5.93. The van der Waals surface area contributed by atoms with Gasteiger partial charge < -0.3 is 15.1 Å². The van der Waals surface area contributed by atoms with Gasteiger partial charge in [-0.1, -0.05) is 13.8 Å².